The third-order valence-electron chi connectivity index (χ3n) is 4.00. The van der Waals surface area contributed by atoms with Gasteiger partial charge in [-0.05, 0) is 36.4 Å². The summed E-state index contributed by atoms with van der Waals surface area (Å²) in [5, 5.41) is 30.1. The normalized spacial score (nSPS) is 11.8. The van der Waals surface area contributed by atoms with E-state index in [0.717, 1.165) is 18.4 Å². The molecule has 0 fully saturated rings. The summed E-state index contributed by atoms with van der Waals surface area (Å²) in [5.41, 5.74) is -0.0269. The van der Waals surface area contributed by atoms with Crippen molar-refractivity contribution in [1.82, 2.24) is 0 Å². The third kappa shape index (κ3) is 3.76. The topological polar surface area (TPSA) is 131 Å². The molecule has 0 aliphatic carbocycles. The molecule has 0 heterocycles. The lowest BCUT2D eigenvalue weighted by atomic mass is 10.1. The van der Waals surface area contributed by atoms with Gasteiger partial charge in [0.25, 0.3) is 5.69 Å². The third-order valence-corrected chi connectivity index (χ3v) is 5.12. The van der Waals surface area contributed by atoms with Crippen LogP contribution in [0.2, 0.25) is 0 Å². The molecule has 0 atom stereocenters. The average molecular weight is 401 g/mol. The van der Waals surface area contributed by atoms with Gasteiger partial charge in [-0.25, -0.2) is 8.42 Å². The lowest BCUT2D eigenvalue weighted by Crippen LogP contribution is -1.99. The largest absolute Gasteiger partial charge is 0.507 e. The second-order valence-corrected chi connectivity index (χ2v) is 7.88. The number of ether oxygens (including phenoxy) is 1. The van der Waals surface area contributed by atoms with Crippen molar-refractivity contribution in [2.24, 2.45) is 10.2 Å². The Morgan fingerprint density at radius 2 is 1.68 bits per heavy atom. The van der Waals surface area contributed by atoms with Crippen LogP contribution in [0.5, 0.6) is 11.5 Å². The van der Waals surface area contributed by atoms with Gasteiger partial charge in [0.05, 0.1) is 17.7 Å². The van der Waals surface area contributed by atoms with Gasteiger partial charge >= 0.3 is 0 Å². The molecule has 10 heteroatoms. The Bertz CT molecular complexity index is 1220. The van der Waals surface area contributed by atoms with E-state index in [1.165, 1.54) is 25.3 Å². The fraction of sp³-hybridized carbons (Fsp3) is 0.111. The standard InChI is InChI=1S/C18H15N3O6S/c1-27-12-4-5-13-14(10-12)15(7-8-17(13)22)19-20-16-6-3-11(21(23)24)9-18(16)28(2,25)26/h3-10,22H,1-2H3. The fourth-order valence-electron chi connectivity index (χ4n) is 2.61. The molecular weight excluding hydrogens is 386 g/mol. The lowest BCUT2D eigenvalue weighted by Gasteiger charge is -2.07. The van der Waals surface area contributed by atoms with Gasteiger partial charge in [0.1, 0.15) is 22.1 Å². The number of aromatic hydroxyl groups is 1. The second kappa shape index (κ2) is 7.24. The number of azo groups is 1. The van der Waals surface area contributed by atoms with E-state index in [4.69, 9.17) is 4.74 Å². The summed E-state index contributed by atoms with van der Waals surface area (Å²) in [7, 11) is -2.27. The number of phenols is 1. The predicted octanol–water partition coefficient (Wildman–Crippen LogP) is 4.28. The SMILES string of the molecule is COc1ccc2c(O)ccc(N=Nc3ccc([N+](=O)[O-])cc3S(C)(=O)=O)c2c1. The molecule has 28 heavy (non-hydrogen) atoms. The molecule has 3 aromatic rings. The van der Waals surface area contributed by atoms with E-state index >= 15 is 0 Å². The minimum atomic E-state index is -3.77. The van der Waals surface area contributed by atoms with Crippen LogP contribution in [0.4, 0.5) is 17.1 Å². The molecule has 9 nitrogen and oxygen atoms in total. The molecule has 0 saturated heterocycles. The summed E-state index contributed by atoms with van der Waals surface area (Å²) in [6, 6.07) is 11.3. The zero-order valence-electron chi connectivity index (χ0n) is 14.9. The Morgan fingerprint density at radius 3 is 2.32 bits per heavy atom. The first-order chi connectivity index (χ1) is 13.2. The van der Waals surface area contributed by atoms with Gasteiger partial charge in [-0.3, -0.25) is 10.1 Å². The van der Waals surface area contributed by atoms with Crippen molar-refractivity contribution in [3.8, 4) is 11.5 Å². The number of hydrogen-bond donors (Lipinski definition) is 1. The van der Waals surface area contributed by atoms with E-state index in [2.05, 4.69) is 10.2 Å². The van der Waals surface area contributed by atoms with Crippen LogP contribution in [-0.4, -0.2) is 31.8 Å². The highest BCUT2D eigenvalue weighted by Gasteiger charge is 2.18. The molecule has 1 N–H and O–H groups in total. The quantitative estimate of drug-likeness (QED) is 0.385. The molecule has 3 aromatic carbocycles. The Kier molecular flexibility index (Phi) is 4.97. The van der Waals surface area contributed by atoms with Crippen molar-refractivity contribution in [3.05, 3.63) is 58.6 Å². The number of benzene rings is 3. The monoisotopic (exact) mass is 401 g/mol. The number of rotatable bonds is 5. The minimum Gasteiger partial charge on any atom is -0.507 e. The fourth-order valence-corrected chi connectivity index (χ4v) is 3.44. The minimum absolute atomic E-state index is 0.0304. The zero-order valence-corrected chi connectivity index (χ0v) is 15.7. The number of fused-ring (bicyclic) bond motifs is 1. The van der Waals surface area contributed by atoms with Gasteiger partial charge in [0.2, 0.25) is 0 Å². The molecule has 144 valence electrons. The smallest absolute Gasteiger partial charge is 0.270 e. The van der Waals surface area contributed by atoms with Gasteiger partial charge in [0, 0.05) is 29.2 Å². The summed E-state index contributed by atoms with van der Waals surface area (Å²) in [6.45, 7) is 0. The van der Waals surface area contributed by atoms with E-state index in [1.54, 1.807) is 18.2 Å². The highest BCUT2D eigenvalue weighted by molar-refractivity contribution is 7.90. The Labute approximate surface area is 160 Å². The number of non-ortho nitro benzene ring substituents is 1. The number of hydrogen-bond acceptors (Lipinski definition) is 8. The first-order valence-corrected chi connectivity index (χ1v) is 9.80. The zero-order chi connectivity index (χ0) is 20.5. The molecule has 0 amide bonds. The number of nitrogens with zero attached hydrogens (tertiary/aromatic N) is 3. The van der Waals surface area contributed by atoms with Gasteiger partial charge in [-0.2, -0.15) is 0 Å². The van der Waals surface area contributed by atoms with Crippen LogP contribution in [0.3, 0.4) is 0 Å². The molecule has 0 aliphatic heterocycles. The van der Waals surface area contributed by atoms with Crippen molar-refractivity contribution < 1.29 is 23.2 Å². The first kappa shape index (κ1) is 19.2. The van der Waals surface area contributed by atoms with Gasteiger partial charge in [-0.1, -0.05) is 0 Å². The van der Waals surface area contributed by atoms with Crippen molar-refractivity contribution in [3.63, 3.8) is 0 Å². The van der Waals surface area contributed by atoms with Crippen LogP contribution in [0.25, 0.3) is 10.8 Å². The van der Waals surface area contributed by atoms with Crippen LogP contribution >= 0.6 is 0 Å². The highest BCUT2D eigenvalue weighted by Crippen LogP contribution is 2.37. The van der Waals surface area contributed by atoms with E-state index < -0.39 is 14.8 Å². The van der Waals surface area contributed by atoms with Gasteiger partial charge in [-0.15, -0.1) is 10.2 Å². The second-order valence-electron chi connectivity index (χ2n) is 5.90. The van der Waals surface area contributed by atoms with E-state index in [0.29, 0.717) is 22.2 Å². The number of phenolic OH excluding ortho intramolecular Hbond substituents is 1. The average Bonchev–Trinajstić information content (AvgIpc) is 2.66. The molecule has 0 bridgehead atoms. The van der Waals surface area contributed by atoms with E-state index in [-0.39, 0.29) is 22.0 Å². The van der Waals surface area contributed by atoms with Gasteiger partial charge in [0.15, 0.2) is 9.84 Å². The predicted molar refractivity (Wildman–Crippen MR) is 103 cm³/mol. The summed E-state index contributed by atoms with van der Waals surface area (Å²) < 4.78 is 29.2. The molecule has 0 unspecified atom stereocenters. The Hall–Kier alpha value is -3.53. The summed E-state index contributed by atoms with van der Waals surface area (Å²) in [6.07, 6.45) is 0.936. The molecule has 0 spiro atoms. The molecule has 0 aliphatic rings. The van der Waals surface area contributed by atoms with Crippen LogP contribution in [0, 0.1) is 10.1 Å². The number of methoxy groups -OCH3 is 1. The van der Waals surface area contributed by atoms with Crippen molar-refractivity contribution in [2.45, 2.75) is 4.90 Å². The molecule has 3 rings (SSSR count). The highest BCUT2D eigenvalue weighted by atomic mass is 32.2. The molecule has 0 saturated carbocycles. The molecular formula is C18H15N3O6S. The van der Waals surface area contributed by atoms with Gasteiger partial charge < -0.3 is 9.84 Å². The Morgan fingerprint density at radius 1 is 1.00 bits per heavy atom. The van der Waals surface area contributed by atoms with Crippen LogP contribution in [-0.2, 0) is 9.84 Å². The lowest BCUT2D eigenvalue weighted by molar-refractivity contribution is -0.385. The first-order valence-electron chi connectivity index (χ1n) is 7.90. The molecule has 0 radical (unpaired) electrons. The van der Waals surface area contributed by atoms with Crippen molar-refractivity contribution in [2.75, 3.05) is 13.4 Å². The summed E-state index contributed by atoms with van der Waals surface area (Å²) in [4.78, 5) is 9.95. The van der Waals surface area contributed by atoms with E-state index in [9.17, 15) is 23.6 Å². The maximum atomic E-state index is 12.0. The van der Waals surface area contributed by atoms with Crippen LogP contribution < -0.4 is 4.74 Å². The number of sulfone groups is 1. The number of nitro benzene ring substituents is 1. The maximum absolute atomic E-state index is 12.0. The summed E-state index contributed by atoms with van der Waals surface area (Å²) in [5.74, 6) is 0.588. The van der Waals surface area contributed by atoms with E-state index in [1.807, 2.05) is 0 Å². The maximum Gasteiger partial charge on any atom is 0.270 e. The number of nitro groups is 1. The summed E-state index contributed by atoms with van der Waals surface area (Å²) >= 11 is 0. The van der Waals surface area contributed by atoms with Crippen molar-refractivity contribution >= 4 is 37.7 Å². The Balaban J connectivity index is 2.15. The van der Waals surface area contributed by atoms with Crippen molar-refractivity contribution in [1.29, 1.82) is 0 Å². The van der Waals surface area contributed by atoms with Crippen LogP contribution in [0.1, 0.15) is 0 Å². The van der Waals surface area contributed by atoms with Crippen LogP contribution in [0.15, 0.2) is 63.7 Å². The molecule has 0 aromatic heterocycles.